The van der Waals surface area contributed by atoms with Crippen molar-refractivity contribution in [3.05, 3.63) is 53.7 Å². The van der Waals surface area contributed by atoms with Crippen LogP contribution in [0, 0.1) is 5.92 Å². The molecule has 4 heteroatoms. The summed E-state index contributed by atoms with van der Waals surface area (Å²) in [6, 6.07) is 11.9. The van der Waals surface area contributed by atoms with E-state index in [9.17, 15) is 9.59 Å². The van der Waals surface area contributed by atoms with Crippen LogP contribution >= 0.6 is 0 Å². The molecule has 0 bridgehead atoms. The predicted octanol–water partition coefficient (Wildman–Crippen LogP) is 4.65. The topological polar surface area (TPSA) is 56.3 Å². The van der Waals surface area contributed by atoms with Crippen LogP contribution in [0.5, 0.6) is 0 Å². The number of carbonyl (C=O) groups excluding carboxylic acids is 2. The van der Waals surface area contributed by atoms with Gasteiger partial charge in [-0.25, -0.2) is 4.79 Å². The number of pyridine rings is 1. The van der Waals surface area contributed by atoms with Gasteiger partial charge >= 0.3 is 5.97 Å². The van der Waals surface area contributed by atoms with E-state index in [1.165, 1.54) is 0 Å². The summed E-state index contributed by atoms with van der Waals surface area (Å²) in [5.41, 5.74) is 4.18. The number of Topliss-reactive ketones (excluding diaryl/α,β-unsaturated/α-hetero) is 1. The Kier molecular flexibility index (Phi) is 9.27. The highest BCUT2D eigenvalue weighted by Gasteiger charge is 2.32. The van der Waals surface area contributed by atoms with E-state index in [1.54, 1.807) is 13.1 Å². The summed E-state index contributed by atoms with van der Waals surface area (Å²) in [4.78, 5) is 28.0. The average molecular weight is 355 g/mol. The highest BCUT2D eigenvalue weighted by molar-refractivity contribution is 6.34. The summed E-state index contributed by atoms with van der Waals surface area (Å²) < 4.78 is 4.81. The van der Waals surface area contributed by atoms with Crippen LogP contribution in [0.2, 0.25) is 0 Å². The van der Waals surface area contributed by atoms with E-state index in [-0.39, 0.29) is 12.5 Å². The number of aromatic nitrogens is 1. The molecule has 0 saturated carbocycles. The molecule has 0 spiro atoms. The van der Waals surface area contributed by atoms with Crippen LogP contribution in [-0.4, -0.2) is 23.3 Å². The van der Waals surface area contributed by atoms with Gasteiger partial charge < -0.3 is 4.74 Å². The predicted molar refractivity (Wildman–Crippen MR) is 105 cm³/mol. The van der Waals surface area contributed by atoms with Gasteiger partial charge in [-0.2, -0.15) is 0 Å². The SMILES string of the molecule is CC.CC.CCOC(=O)C(=O)C1Cc2ccc(-c3ccccn3)cc2C1. The molecule has 0 amide bonds. The molecule has 140 valence electrons. The van der Waals surface area contributed by atoms with Crippen molar-refractivity contribution in [3.63, 3.8) is 0 Å². The molecule has 26 heavy (non-hydrogen) atoms. The van der Waals surface area contributed by atoms with Crippen molar-refractivity contribution in [2.45, 2.75) is 47.5 Å². The molecule has 3 rings (SSSR count). The lowest BCUT2D eigenvalue weighted by atomic mass is 10.0. The average Bonchev–Trinajstić information content (AvgIpc) is 3.14. The maximum atomic E-state index is 12.1. The van der Waals surface area contributed by atoms with Crippen molar-refractivity contribution in [1.82, 2.24) is 4.98 Å². The lowest BCUT2D eigenvalue weighted by molar-refractivity contribution is -0.155. The minimum absolute atomic E-state index is 0.230. The molecular weight excluding hydrogens is 326 g/mol. The van der Waals surface area contributed by atoms with Gasteiger partial charge in [-0.3, -0.25) is 9.78 Å². The highest BCUT2D eigenvalue weighted by Crippen LogP contribution is 2.31. The Balaban J connectivity index is 0.000000791. The Labute approximate surface area is 156 Å². The number of benzene rings is 1. The zero-order valence-electron chi connectivity index (χ0n) is 16.4. The first-order valence-electron chi connectivity index (χ1n) is 9.43. The van der Waals surface area contributed by atoms with Crippen molar-refractivity contribution < 1.29 is 14.3 Å². The molecular formula is C22H29NO3. The van der Waals surface area contributed by atoms with Gasteiger partial charge in [-0.1, -0.05) is 45.9 Å². The van der Waals surface area contributed by atoms with Crippen molar-refractivity contribution in [1.29, 1.82) is 0 Å². The van der Waals surface area contributed by atoms with E-state index >= 15 is 0 Å². The van der Waals surface area contributed by atoms with E-state index < -0.39 is 11.8 Å². The molecule has 1 heterocycles. The Morgan fingerprint density at radius 3 is 2.35 bits per heavy atom. The van der Waals surface area contributed by atoms with Gasteiger partial charge in [0.2, 0.25) is 5.78 Å². The molecule has 1 aromatic heterocycles. The molecule has 1 aromatic carbocycles. The monoisotopic (exact) mass is 355 g/mol. The van der Waals surface area contributed by atoms with Crippen molar-refractivity contribution in [2.24, 2.45) is 5.92 Å². The number of fused-ring (bicyclic) bond motifs is 1. The summed E-state index contributed by atoms with van der Waals surface area (Å²) in [5, 5.41) is 0. The van der Waals surface area contributed by atoms with E-state index in [1.807, 2.05) is 58.0 Å². The third-order valence-electron chi connectivity index (χ3n) is 3.95. The summed E-state index contributed by atoms with van der Waals surface area (Å²) in [5.74, 6) is -1.43. The Morgan fingerprint density at radius 2 is 1.73 bits per heavy atom. The molecule has 0 saturated heterocycles. The summed E-state index contributed by atoms with van der Waals surface area (Å²) in [7, 11) is 0. The van der Waals surface area contributed by atoms with Crippen LogP contribution in [-0.2, 0) is 27.2 Å². The van der Waals surface area contributed by atoms with Gasteiger partial charge in [0, 0.05) is 17.7 Å². The lowest BCUT2D eigenvalue weighted by Crippen LogP contribution is -2.26. The fourth-order valence-electron chi connectivity index (χ4n) is 2.87. The fraction of sp³-hybridized carbons (Fsp3) is 0.409. The van der Waals surface area contributed by atoms with Gasteiger partial charge in [0.05, 0.1) is 12.3 Å². The number of carbonyl (C=O) groups is 2. The Morgan fingerprint density at radius 1 is 1.04 bits per heavy atom. The number of nitrogens with zero attached hydrogens (tertiary/aromatic N) is 1. The maximum absolute atomic E-state index is 12.1. The maximum Gasteiger partial charge on any atom is 0.374 e. The number of ketones is 1. The first kappa shape index (κ1) is 21.6. The molecule has 1 aliphatic carbocycles. The summed E-state index contributed by atoms with van der Waals surface area (Å²) >= 11 is 0. The Hall–Kier alpha value is -2.49. The van der Waals surface area contributed by atoms with Gasteiger partial charge in [-0.15, -0.1) is 0 Å². The molecule has 0 fully saturated rings. The molecule has 1 unspecified atom stereocenters. The first-order chi connectivity index (χ1) is 12.7. The van der Waals surface area contributed by atoms with E-state index in [4.69, 9.17) is 4.74 Å². The third-order valence-corrected chi connectivity index (χ3v) is 3.95. The summed E-state index contributed by atoms with van der Waals surface area (Å²) in [6.45, 7) is 9.93. The number of esters is 1. The molecule has 0 radical (unpaired) electrons. The Bertz CT molecular complexity index is 711. The van der Waals surface area contributed by atoms with Crippen molar-refractivity contribution in [3.8, 4) is 11.3 Å². The largest absolute Gasteiger partial charge is 0.460 e. The molecule has 1 aliphatic rings. The molecule has 2 aromatic rings. The van der Waals surface area contributed by atoms with Gasteiger partial charge in [0.15, 0.2) is 0 Å². The van der Waals surface area contributed by atoms with Crippen LogP contribution in [0.25, 0.3) is 11.3 Å². The second-order valence-corrected chi connectivity index (χ2v) is 5.39. The van der Waals surface area contributed by atoms with Gasteiger partial charge in [0.1, 0.15) is 0 Å². The molecule has 0 N–H and O–H groups in total. The normalized spacial score (nSPS) is 14.1. The molecule has 1 atom stereocenters. The standard InChI is InChI=1S/C18H17NO3.2C2H6/c1-2-22-18(21)17(20)15-9-12-6-7-13(10-14(12)11-15)16-5-3-4-8-19-16;2*1-2/h3-8,10,15H,2,9,11H2,1H3;2*1-2H3. The second kappa shape index (κ2) is 11.2. The van der Waals surface area contributed by atoms with Gasteiger partial charge in [-0.05, 0) is 49.1 Å². The van der Waals surface area contributed by atoms with Crippen LogP contribution in [0.15, 0.2) is 42.6 Å². The third kappa shape index (κ3) is 5.25. The molecule has 0 aliphatic heterocycles. The van der Waals surface area contributed by atoms with Crippen molar-refractivity contribution in [2.75, 3.05) is 6.61 Å². The van der Waals surface area contributed by atoms with E-state index in [0.717, 1.165) is 22.4 Å². The zero-order valence-corrected chi connectivity index (χ0v) is 16.4. The zero-order chi connectivity index (χ0) is 19.5. The molecule has 4 nitrogen and oxygen atoms in total. The number of hydrogen-bond acceptors (Lipinski definition) is 4. The highest BCUT2D eigenvalue weighted by atomic mass is 16.5. The van der Waals surface area contributed by atoms with Gasteiger partial charge in [0.25, 0.3) is 0 Å². The quantitative estimate of drug-likeness (QED) is 0.592. The first-order valence-corrected chi connectivity index (χ1v) is 9.43. The summed E-state index contributed by atoms with van der Waals surface area (Å²) in [6.07, 6.45) is 2.96. The van der Waals surface area contributed by atoms with Crippen LogP contribution in [0.4, 0.5) is 0 Å². The van der Waals surface area contributed by atoms with Crippen LogP contribution in [0.1, 0.15) is 45.7 Å². The fourth-order valence-corrected chi connectivity index (χ4v) is 2.87. The smallest absolute Gasteiger partial charge is 0.374 e. The minimum Gasteiger partial charge on any atom is -0.460 e. The lowest BCUT2D eigenvalue weighted by Gasteiger charge is -2.06. The van der Waals surface area contributed by atoms with Crippen LogP contribution in [0.3, 0.4) is 0 Å². The van der Waals surface area contributed by atoms with Crippen LogP contribution < -0.4 is 0 Å². The van der Waals surface area contributed by atoms with E-state index in [0.29, 0.717) is 12.8 Å². The second-order valence-electron chi connectivity index (χ2n) is 5.39. The number of hydrogen-bond donors (Lipinski definition) is 0. The number of rotatable bonds is 4. The van der Waals surface area contributed by atoms with E-state index in [2.05, 4.69) is 11.1 Å². The number of ether oxygens (including phenoxy) is 1. The minimum atomic E-state index is -0.717. The van der Waals surface area contributed by atoms with Crippen molar-refractivity contribution >= 4 is 11.8 Å².